The van der Waals surface area contributed by atoms with Gasteiger partial charge in [-0.25, -0.2) is 15.4 Å². The average molecular weight is 430 g/mol. The zero-order chi connectivity index (χ0) is 22.3. The highest BCUT2D eigenvalue weighted by Crippen LogP contribution is 2.24. The molecule has 8 heteroatoms. The van der Waals surface area contributed by atoms with Gasteiger partial charge in [-0.15, -0.1) is 0 Å². The van der Waals surface area contributed by atoms with E-state index >= 15 is 0 Å². The van der Waals surface area contributed by atoms with Crippen LogP contribution in [0.2, 0.25) is 0 Å². The molecule has 0 aliphatic carbocycles. The lowest BCUT2D eigenvalue weighted by atomic mass is 9.99. The highest BCUT2D eigenvalue weighted by Gasteiger charge is 2.19. The van der Waals surface area contributed by atoms with E-state index < -0.39 is 5.91 Å². The molecule has 4 rings (SSSR count). The van der Waals surface area contributed by atoms with E-state index in [9.17, 15) is 9.59 Å². The normalized spacial score (nSPS) is 13.0. The summed E-state index contributed by atoms with van der Waals surface area (Å²) in [5.41, 5.74) is 4.93. The Kier molecular flexibility index (Phi) is 6.52. The number of amides is 2. The van der Waals surface area contributed by atoms with Gasteiger partial charge in [0.2, 0.25) is 5.91 Å². The number of carbonyl (C=O) groups excluding carboxylic acids is 2. The van der Waals surface area contributed by atoms with Crippen LogP contribution in [-0.4, -0.2) is 38.4 Å². The summed E-state index contributed by atoms with van der Waals surface area (Å²) in [7, 11) is 0. The molecule has 8 nitrogen and oxygen atoms in total. The average Bonchev–Trinajstić information content (AvgIpc) is 2.86. The van der Waals surface area contributed by atoms with E-state index in [2.05, 4.69) is 9.97 Å². The molecule has 0 atom stereocenters. The lowest BCUT2D eigenvalue weighted by Gasteiger charge is -2.28. The number of hydrogen-bond acceptors (Lipinski definition) is 6. The molecule has 0 unspecified atom stereocenters. The van der Waals surface area contributed by atoms with Crippen molar-refractivity contribution < 1.29 is 19.5 Å². The summed E-state index contributed by atoms with van der Waals surface area (Å²) < 4.78 is 5.78. The van der Waals surface area contributed by atoms with Crippen LogP contribution in [0.25, 0.3) is 6.08 Å². The molecule has 3 aromatic rings. The molecule has 2 amide bonds. The Labute approximate surface area is 185 Å². The molecule has 1 aromatic heterocycles. The van der Waals surface area contributed by atoms with E-state index in [0.29, 0.717) is 24.7 Å². The first-order chi connectivity index (χ1) is 15.6. The van der Waals surface area contributed by atoms with E-state index in [1.54, 1.807) is 6.08 Å². The van der Waals surface area contributed by atoms with Crippen molar-refractivity contribution in [3.63, 3.8) is 0 Å². The van der Waals surface area contributed by atoms with Gasteiger partial charge in [0.1, 0.15) is 12.4 Å². The van der Waals surface area contributed by atoms with Crippen LogP contribution in [0.3, 0.4) is 0 Å². The number of nitrogens with zero attached hydrogens (tertiary/aromatic N) is 3. The topological polar surface area (TPSA) is 105 Å². The summed E-state index contributed by atoms with van der Waals surface area (Å²) in [6.07, 6.45) is 6.84. The second-order valence-electron chi connectivity index (χ2n) is 7.30. The monoisotopic (exact) mass is 430 g/mol. The summed E-state index contributed by atoms with van der Waals surface area (Å²) in [6.45, 7) is 1.35. The number of nitrogens with one attached hydrogen (secondary N) is 1. The van der Waals surface area contributed by atoms with Crippen LogP contribution < -0.4 is 10.2 Å². The SMILES string of the molecule is O=C(NO)c1cnc(COc2ccc3c(c2)CCN(C(=O)C=Cc2ccccc2)C3)nc1. The zero-order valence-corrected chi connectivity index (χ0v) is 17.3. The maximum absolute atomic E-state index is 12.6. The number of ether oxygens (including phenoxy) is 1. The Balaban J connectivity index is 1.34. The predicted octanol–water partition coefficient (Wildman–Crippen LogP) is 2.77. The van der Waals surface area contributed by atoms with E-state index in [1.807, 2.05) is 59.5 Å². The fourth-order valence-corrected chi connectivity index (χ4v) is 3.40. The Morgan fingerprint density at radius 2 is 1.88 bits per heavy atom. The molecule has 1 aliphatic heterocycles. The molecular formula is C24H22N4O4. The van der Waals surface area contributed by atoms with Crippen LogP contribution in [0.1, 0.15) is 32.9 Å². The highest BCUT2D eigenvalue weighted by atomic mass is 16.5. The van der Waals surface area contributed by atoms with Crippen LogP contribution >= 0.6 is 0 Å². The van der Waals surface area contributed by atoms with Crippen molar-refractivity contribution in [3.8, 4) is 5.75 Å². The standard InChI is InChI=1S/C24H22N4O4/c29-23(9-6-17-4-2-1-3-5-17)28-11-10-18-12-21(8-7-19(18)15-28)32-16-22-25-13-20(14-26-22)24(30)27-31/h1-9,12-14,31H,10-11,15-16H2,(H,27,30). The van der Waals surface area contributed by atoms with Gasteiger partial charge >= 0.3 is 0 Å². The van der Waals surface area contributed by atoms with Crippen molar-refractivity contribution in [2.75, 3.05) is 6.54 Å². The number of hydroxylamine groups is 1. The van der Waals surface area contributed by atoms with E-state index in [-0.39, 0.29) is 18.1 Å². The summed E-state index contributed by atoms with van der Waals surface area (Å²) >= 11 is 0. The second kappa shape index (κ2) is 9.84. The molecule has 0 spiro atoms. The number of carbonyl (C=O) groups is 2. The smallest absolute Gasteiger partial charge is 0.277 e. The molecule has 162 valence electrons. The van der Waals surface area contributed by atoms with Crippen molar-refractivity contribution in [1.29, 1.82) is 0 Å². The largest absolute Gasteiger partial charge is 0.486 e. The second-order valence-corrected chi connectivity index (χ2v) is 7.30. The van der Waals surface area contributed by atoms with Crippen molar-refractivity contribution in [3.05, 3.63) is 95.1 Å². The Bertz CT molecular complexity index is 1130. The summed E-state index contributed by atoms with van der Waals surface area (Å²) in [5, 5.41) is 8.62. The van der Waals surface area contributed by atoms with Gasteiger partial charge in [-0.2, -0.15) is 0 Å². The zero-order valence-electron chi connectivity index (χ0n) is 17.3. The third-order valence-corrected chi connectivity index (χ3v) is 5.16. The van der Waals surface area contributed by atoms with Crippen molar-refractivity contribution in [1.82, 2.24) is 20.3 Å². The first-order valence-corrected chi connectivity index (χ1v) is 10.1. The van der Waals surface area contributed by atoms with Gasteiger partial charge in [0.25, 0.3) is 5.91 Å². The van der Waals surface area contributed by atoms with E-state index in [1.165, 1.54) is 17.9 Å². The quantitative estimate of drug-likeness (QED) is 0.354. The van der Waals surface area contributed by atoms with Gasteiger partial charge in [-0.05, 0) is 41.3 Å². The third-order valence-electron chi connectivity index (χ3n) is 5.16. The summed E-state index contributed by atoms with van der Waals surface area (Å²) in [4.78, 5) is 33.8. The predicted molar refractivity (Wildman–Crippen MR) is 117 cm³/mol. The van der Waals surface area contributed by atoms with E-state index in [4.69, 9.17) is 9.94 Å². The third kappa shape index (κ3) is 5.16. The van der Waals surface area contributed by atoms with Gasteiger partial charge in [0, 0.05) is 31.6 Å². The van der Waals surface area contributed by atoms with Gasteiger partial charge in [-0.1, -0.05) is 36.4 Å². The molecule has 1 aliphatic rings. The maximum atomic E-state index is 12.6. The van der Waals surface area contributed by atoms with Gasteiger partial charge in [0.15, 0.2) is 5.82 Å². The minimum atomic E-state index is -0.671. The molecule has 2 N–H and O–H groups in total. The highest BCUT2D eigenvalue weighted by molar-refractivity contribution is 5.92. The molecule has 2 heterocycles. The summed E-state index contributed by atoms with van der Waals surface area (Å²) in [6, 6.07) is 15.6. The Hall–Kier alpha value is -4.04. The van der Waals surface area contributed by atoms with Crippen LogP contribution in [-0.2, 0) is 24.4 Å². The van der Waals surface area contributed by atoms with Crippen LogP contribution in [0, 0.1) is 0 Å². The lowest BCUT2D eigenvalue weighted by Crippen LogP contribution is -2.34. The number of benzene rings is 2. The number of rotatable bonds is 6. The van der Waals surface area contributed by atoms with Crippen molar-refractivity contribution in [2.24, 2.45) is 0 Å². The first-order valence-electron chi connectivity index (χ1n) is 10.1. The molecule has 0 radical (unpaired) electrons. The lowest BCUT2D eigenvalue weighted by molar-refractivity contribution is -0.126. The minimum Gasteiger partial charge on any atom is -0.486 e. The van der Waals surface area contributed by atoms with Crippen molar-refractivity contribution in [2.45, 2.75) is 19.6 Å². The summed E-state index contributed by atoms with van der Waals surface area (Å²) in [5.74, 6) is 0.429. The maximum Gasteiger partial charge on any atom is 0.277 e. The number of fused-ring (bicyclic) bond motifs is 1. The Morgan fingerprint density at radius 3 is 2.62 bits per heavy atom. The van der Waals surface area contributed by atoms with Gasteiger partial charge in [0.05, 0.1) is 5.56 Å². The van der Waals surface area contributed by atoms with Crippen LogP contribution in [0.5, 0.6) is 5.75 Å². The molecule has 0 saturated carbocycles. The van der Waals surface area contributed by atoms with Gasteiger partial charge < -0.3 is 9.64 Å². The minimum absolute atomic E-state index is 0.00435. The van der Waals surface area contributed by atoms with Crippen molar-refractivity contribution >= 4 is 17.9 Å². The van der Waals surface area contributed by atoms with Crippen LogP contribution in [0.4, 0.5) is 0 Å². The fraction of sp³-hybridized carbons (Fsp3) is 0.167. The van der Waals surface area contributed by atoms with Crippen LogP contribution in [0.15, 0.2) is 67.0 Å². The number of aromatic nitrogens is 2. The van der Waals surface area contributed by atoms with E-state index in [0.717, 1.165) is 23.1 Å². The molecule has 0 saturated heterocycles. The molecule has 0 fully saturated rings. The van der Waals surface area contributed by atoms with Gasteiger partial charge in [-0.3, -0.25) is 14.8 Å². The fourth-order valence-electron chi connectivity index (χ4n) is 3.40. The molecule has 2 aromatic carbocycles. The molecule has 0 bridgehead atoms. The Morgan fingerprint density at radius 1 is 1.09 bits per heavy atom. The number of hydrogen-bond donors (Lipinski definition) is 2. The first kappa shape index (κ1) is 21.2. The molecular weight excluding hydrogens is 408 g/mol. The molecule has 32 heavy (non-hydrogen) atoms.